The summed E-state index contributed by atoms with van der Waals surface area (Å²) in [5.41, 5.74) is 0.801. The van der Waals surface area contributed by atoms with Crippen LogP contribution in [-0.2, 0) is 9.59 Å². The highest BCUT2D eigenvalue weighted by atomic mass is 16.5. The molecule has 0 bridgehead atoms. The largest absolute Gasteiger partial charge is 0.497 e. The Morgan fingerprint density at radius 2 is 1.70 bits per heavy atom. The SMILES string of the molecule is COc1cc(/C=C/C(=O)N2CCC(C(=O)O)CC2)cc(OC)c1. The molecule has 0 atom stereocenters. The molecule has 6 heteroatoms. The predicted molar refractivity (Wildman–Crippen MR) is 85.5 cm³/mol. The second-order valence-electron chi connectivity index (χ2n) is 5.42. The normalized spacial score (nSPS) is 15.7. The first kappa shape index (κ1) is 16.9. The second kappa shape index (κ2) is 7.67. The van der Waals surface area contributed by atoms with Crippen molar-refractivity contribution < 1.29 is 24.2 Å². The van der Waals surface area contributed by atoms with Gasteiger partial charge in [-0.05, 0) is 36.6 Å². The number of carboxylic acids is 1. The molecule has 1 aromatic carbocycles. The van der Waals surface area contributed by atoms with Crippen LogP contribution in [0.15, 0.2) is 24.3 Å². The number of aliphatic carboxylic acids is 1. The van der Waals surface area contributed by atoms with Crippen molar-refractivity contribution in [1.82, 2.24) is 4.90 Å². The van der Waals surface area contributed by atoms with E-state index in [-0.39, 0.29) is 11.8 Å². The van der Waals surface area contributed by atoms with Crippen molar-refractivity contribution in [3.63, 3.8) is 0 Å². The van der Waals surface area contributed by atoms with E-state index >= 15 is 0 Å². The molecule has 1 amide bonds. The van der Waals surface area contributed by atoms with Crippen molar-refractivity contribution in [2.24, 2.45) is 5.92 Å². The number of nitrogens with zero attached hydrogens (tertiary/aromatic N) is 1. The van der Waals surface area contributed by atoms with E-state index in [0.717, 1.165) is 5.56 Å². The van der Waals surface area contributed by atoms with E-state index in [2.05, 4.69) is 0 Å². The van der Waals surface area contributed by atoms with Crippen molar-refractivity contribution in [2.45, 2.75) is 12.8 Å². The molecule has 1 saturated heterocycles. The summed E-state index contributed by atoms with van der Waals surface area (Å²) in [7, 11) is 3.14. The van der Waals surface area contributed by atoms with Crippen LogP contribution in [0.1, 0.15) is 18.4 Å². The maximum atomic E-state index is 12.2. The van der Waals surface area contributed by atoms with Crippen LogP contribution < -0.4 is 9.47 Å². The van der Waals surface area contributed by atoms with Gasteiger partial charge < -0.3 is 19.5 Å². The fourth-order valence-corrected chi connectivity index (χ4v) is 2.55. The predicted octanol–water partition coefficient (Wildman–Crippen LogP) is 2.04. The van der Waals surface area contributed by atoms with Crippen molar-refractivity contribution >= 4 is 18.0 Å². The first-order valence-corrected chi connectivity index (χ1v) is 7.46. The number of likely N-dealkylation sites (tertiary alicyclic amines) is 1. The fourth-order valence-electron chi connectivity index (χ4n) is 2.55. The summed E-state index contributed by atoms with van der Waals surface area (Å²) >= 11 is 0. The Labute approximate surface area is 135 Å². The molecule has 6 nitrogen and oxygen atoms in total. The van der Waals surface area contributed by atoms with E-state index < -0.39 is 5.97 Å². The number of amides is 1. The topological polar surface area (TPSA) is 76.1 Å². The van der Waals surface area contributed by atoms with Gasteiger partial charge in [-0.15, -0.1) is 0 Å². The minimum Gasteiger partial charge on any atom is -0.497 e. The molecule has 1 aromatic rings. The third-order valence-electron chi connectivity index (χ3n) is 3.95. The van der Waals surface area contributed by atoms with Crippen LogP contribution in [0.2, 0.25) is 0 Å². The maximum absolute atomic E-state index is 12.2. The summed E-state index contributed by atoms with van der Waals surface area (Å²) in [5.74, 6) is 0.0647. The van der Waals surface area contributed by atoms with Gasteiger partial charge in [0.25, 0.3) is 0 Å². The van der Waals surface area contributed by atoms with Gasteiger partial charge >= 0.3 is 5.97 Å². The van der Waals surface area contributed by atoms with Crippen LogP contribution in [0.4, 0.5) is 0 Å². The van der Waals surface area contributed by atoms with E-state index in [0.29, 0.717) is 37.4 Å². The third kappa shape index (κ3) is 4.48. The first-order chi connectivity index (χ1) is 11.0. The Hall–Kier alpha value is -2.50. The molecule has 23 heavy (non-hydrogen) atoms. The number of hydrogen-bond acceptors (Lipinski definition) is 4. The molecule has 1 fully saturated rings. The Morgan fingerprint density at radius 1 is 1.13 bits per heavy atom. The third-order valence-corrected chi connectivity index (χ3v) is 3.95. The van der Waals surface area contributed by atoms with Gasteiger partial charge in [-0.2, -0.15) is 0 Å². The van der Waals surface area contributed by atoms with Crippen LogP contribution >= 0.6 is 0 Å². The number of methoxy groups -OCH3 is 2. The number of piperidine rings is 1. The molecule has 0 unspecified atom stereocenters. The lowest BCUT2D eigenvalue weighted by Crippen LogP contribution is -2.39. The highest BCUT2D eigenvalue weighted by molar-refractivity contribution is 5.92. The van der Waals surface area contributed by atoms with Crippen LogP contribution in [0, 0.1) is 5.92 Å². The molecule has 0 radical (unpaired) electrons. The lowest BCUT2D eigenvalue weighted by molar-refractivity contribution is -0.144. The van der Waals surface area contributed by atoms with Crippen LogP contribution in [0.25, 0.3) is 6.08 Å². The minimum atomic E-state index is -0.781. The zero-order valence-electron chi connectivity index (χ0n) is 13.3. The average Bonchev–Trinajstić information content (AvgIpc) is 2.59. The number of benzene rings is 1. The first-order valence-electron chi connectivity index (χ1n) is 7.46. The van der Waals surface area contributed by atoms with Gasteiger partial charge in [-0.25, -0.2) is 0 Å². The smallest absolute Gasteiger partial charge is 0.306 e. The fraction of sp³-hybridized carbons (Fsp3) is 0.412. The van der Waals surface area contributed by atoms with Crippen molar-refractivity contribution in [3.8, 4) is 11.5 Å². The summed E-state index contributed by atoms with van der Waals surface area (Å²) in [6, 6.07) is 5.38. The zero-order chi connectivity index (χ0) is 16.8. The van der Waals surface area contributed by atoms with Gasteiger partial charge in [0.05, 0.1) is 20.1 Å². The molecule has 124 valence electrons. The standard InChI is InChI=1S/C17H21NO5/c1-22-14-9-12(10-15(11-14)23-2)3-4-16(19)18-7-5-13(6-8-18)17(20)21/h3-4,9-11,13H,5-8H2,1-2H3,(H,20,21)/b4-3+. The Balaban J connectivity index is 2.00. The molecule has 1 heterocycles. The zero-order valence-corrected chi connectivity index (χ0v) is 13.3. The van der Waals surface area contributed by atoms with Crippen molar-refractivity contribution in [2.75, 3.05) is 27.3 Å². The van der Waals surface area contributed by atoms with Gasteiger partial charge in [0, 0.05) is 25.2 Å². The molecular weight excluding hydrogens is 298 g/mol. The molecule has 1 aliphatic rings. The van der Waals surface area contributed by atoms with Gasteiger partial charge in [0.2, 0.25) is 5.91 Å². The summed E-state index contributed by atoms with van der Waals surface area (Å²) < 4.78 is 10.4. The Morgan fingerprint density at radius 3 is 2.17 bits per heavy atom. The number of hydrogen-bond donors (Lipinski definition) is 1. The number of carbonyl (C=O) groups is 2. The van der Waals surface area contributed by atoms with E-state index in [1.54, 1.807) is 31.3 Å². The van der Waals surface area contributed by atoms with Crippen molar-refractivity contribution in [1.29, 1.82) is 0 Å². The lowest BCUT2D eigenvalue weighted by Gasteiger charge is -2.29. The van der Waals surface area contributed by atoms with Gasteiger partial charge in [0.15, 0.2) is 0 Å². The van der Waals surface area contributed by atoms with E-state index in [4.69, 9.17) is 14.6 Å². The minimum absolute atomic E-state index is 0.115. The molecule has 1 aliphatic heterocycles. The highest BCUT2D eigenvalue weighted by Crippen LogP contribution is 2.23. The van der Waals surface area contributed by atoms with E-state index in [1.165, 1.54) is 6.08 Å². The summed E-state index contributed by atoms with van der Waals surface area (Å²) in [4.78, 5) is 24.8. The van der Waals surface area contributed by atoms with Crippen LogP contribution in [0.3, 0.4) is 0 Å². The van der Waals surface area contributed by atoms with Gasteiger partial charge in [-0.3, -0.25) is 9.59 Å². The molecule has 2 rings (SSSR count). The van der Waals surface area contributed by atoms with E-state index in [9.17, 15) is 9.59 Å². The molecular formula is C17H21NO5. The summed E-state index contributed by atoms with van der Waals surface area (Å²) in [6.07, 6.45) is 4.20. The van der Waals surface area contributed by atoms with Gasteiger partial charge in [-0.1, -0.05) is 0 Å². The second-order valence-corrected chi connectivity index (χ2v) is 5.42. The number of carboxylic acid groups (broad SMARTS) is 1. The number of rotatable bonds is 5. The molecule has 0 saturated carbocycles. The Kier molecular flexibility index (Phi) is 5.62. The number of ether oxygens (including phenoxy) is 2. The van der Waals surface area contributed by atoms with Crippen LogP contribution in [0.5, 0.6) is 11.5 Å². The summed E-state index contributed by atoms with van der Waals surface area (Å²) in [6.45, 7) is 0.948. The maximum Gasteiger partial charge on any atom is 0.306 e. The molecule has 0 aliphatic carbocycles. The monoisotopic (exact) mass is 319 g/mol. The van der Waals surface area contributed by atoms with Crippen LogP contribution in [-0.4, -0.2) is 49.2 Å². The quantitative estimate of drug-likeness (QED) is 0.841. The number of carbonyl (C=O) groups excluding carboxylic acids is 1. The Bertz CT molecular complexity index is 581. The molecule has 0 spiro atoms. The lowest BCUT2D eigenvalue weighted by atomic mass is 9.97. The summed E-state index contributed by atoms with van der Waals surface area (Å²) in [5, 5.41) is 8.97. The highest BCUT2D eigenvalue weighted by Gasteiger charge is 2.25. The molecule has 1 N–H and O–H groups in total. The van der Waals surface area contributed by atoms with Gasteiger partial charge in [0.1, 0.15) is 11.5 Å². The molecule has 0 aromatic heterocycles. The average molecular weight is 319 g/mol. The van der Waals surface area contributed by atoms with E-state index in [1.807, 2.05) is 12.1 Å². The van der Waals surface area contributed by atoms with Crippen molar-refractivity contribution in [3.05, 3.63) is 29.8 Å².